The predicted octanol–water partition coefficient (Wildman–Crippen LogP) is 3.14. The molecule has 1 saturated carbocycles. The molecular formula is C15H27NO. The summed E-state index contributed by atoms with van der Waals surface area (Å²) < 4.78 is 5.58. The molecule has 98 valence electrons. The van der Waals surface area contributed by atoms with Crippen molar-refractivity contribution in [3.05, 3.63) is 11.6 Å². The van der Waals surface area contributed by atoms with Crippen LogP contribution in [0.25, 0.3) is 0 Å². The number of ether oxygens (including phenoxy) is 1. The molecule has 0 aliphatic heterocycles. The Kier molecular flexibility index (Phi) is 4.63. The highest BCUT2D eigenvalue weighted by Gasteiger charge is 2.29. The Morgan fingerprint density at radius 2 is 2.12 bits per heavy atom. The maximum Gasteiger partial charge on any atom is 0.0604 e. The summed E-state index contributed by atoms with van der Waals surface area (Å²) in [7, 11) is 0. The molecule has 1 N–H and O–H groups in total. The van der Waals surface area contributed by atoms with Crippen LogP contribution < -0.4 is 5.32 Å². The highest BCUT2D eigenvalue weighted by atomic mass is 16.5. The summed E-state index contributed by atoms with van der Waals surface area (Å²) in [5, 5.41) is 3.71. The van der Waals surface area contributed by atoms with Gasteiger partial charge in [-0.3, -0.25) is 0 Å². The molecule has 2 rings (SSSR count). The molecule has 1 fully saturated rings. The van der Waals surface area contributed by atoms with E-state index in [9.17, 15) is 0 Å². The Hall–Kier alpha value is -0.340. The Morgan fingerprint density at radius 3 is 2.76 bits per heavy atom. The van der Waals surface area contributed by atoms with Crippen molar-refractivity contribution in [2.75, 3.05) is 13.2 Å². The lowest BCUT2D eigenvalue weighted by Gasteiger charge is -2.37. The second kappa shape index (κ2) is 6.01. The van der Waals surface area contributed by atoms with Gasteiger partial charge >= 0.3 is 0 Å². The molecule has 0 bridgehead atoms. The van der Waals surface area contributed by atoms with Crippen molar-refractivity contribution in [3.63, 3.8) is 0 Å². The molecular weight excluding hydrogens is 210 g/mol. The first kappa shape index (κ1) is 13.1. The van der Waals surface area contributed by atoms with Crippen molar-refractivity contribution < 1.29 is 4.74 Å². The van der Waals surface area contributed by atoms with Gasteiger partial charge < -0.3 is 10.1 Å². The summed E-state index contributed by atoms with van der Waals surface area (Å²) in [5.74, 6) is 1.62. The van der Waals surface area contributed by atoms with Gasteiger partial charge in [0, 0.05) is 12.6 Å². The third-order valence-electron chi connectivity index (χ3n) is 4.08. The molecule has 17 heavy (non-hydrogen) atoms. The van der Waals surface area contributed by atoms with Gasteiger partial charge in [-0.2, -0.15) is 0 Å². The van der Waals surface area contributed by atoms with Gasteiger partial charge in [0.25, 0.3) is 0 Å². The van der Waals surface area contributed by atoms with Gasteiger partial charge in [-0.1, -0.05) is 18.6 Å². The van der Waals surface area contributed by atoms with Crippen LogP contribution in [0.15, 0.2) is 11.6 Å². The van der Waals surface area contributed by atoms with E-state index in [0.29, 0.717) is 12.1 Å². The third kappa shape index (κ3) is 3.82. The minimum absolute atomic E-state index is 0.532. The summed E-state index contributed by atoms with van der Waals surface area (Å²) in [4.78, 5) is 0. The van der Waals surface area contributed by atoms with Crippen LogP contribution >= 0.6 is 0 Å². The van der Waals surface area contributed by atoms with Gasteiger partial charge in [-0.15, -0.1) is 0 Å². The molecule has 0 saturated heterocycles. The topological polar surface area (TPSA) is 21.3 Å². The average molecular weight is 237 g/mol. The number of rotatable bonds is 5. The highest BCUT2D eigenvalue weighted by Crippen LogP contribution is 2.28. The lowest BCUT2D eigenvalue weighted by atomic mass is 9.82. The van der Waals surface area contributed by atoms with E-state index in [-0.39, 0.29) is 0 Å². The Balaban J connectivity index is 1.62. The molecule has 0 spiro atoms. The summed E-state index contributed by atoms with van der Waals surface area (Å²) in [6.45, 7) is 8.75. The van der Waals surface area contributed by atoms with Gasteiger partial charge in [0.05, 0.1) is 6.10 Å². The lowest BCUT2D eigenvalue weighted by molar-refractivity contribution is -0.0107. The molecule has 0 aromatic heterocycles. The fourth-order valence-electron chi connectivity index (χ4n) is 3.28. The molecule has 2 nitrogen and oxygen atoms in total. The first-order valence-electron chi connectivity index (χ1n) is 7.19. The van der Waals surface area contributed by atoms with Crippen molar-refractivity contribution in [1.82, 2.24) is 5.32 Å². The zero-order valence-corrected chi connectivity index (χ0v) is 11.5. The quantitative estimate of drug-likeness (QED) is 0.742. The molecule has 2 aliphatic carbocycles. The summed E-state index contributed by atoms with van der Waals surface area (Å²) in [6, 6.07) is 0.716. The molecule has 0 heterocycles. The van der Waals surface area contributed by atoms with Crippen molar-refractivity contribution >= 4 is 0 Å². The fourth-order valence-corrected chi connectivity index (χ4v) is 3.28. The Bertz CT molecular complexity index is 268. The van der Waals surface area contributed by atoms with E-state index in [0.717, 1.165) is 18.4 Å². The number of hydrogen-bond acceptors (Lipinski definition) is 2. The second-order valence-electron chi connectivity index (χ2n) is 5.95. The molecule has 2 heteroatoms. The van der Waals surface area contributed by atoms with E-state index >= 15 is 0 Å². The summed E-state index contributed by atoms with van der Waals surface area (Å²) in [6.07, 6.45) is 8.04. The van der Waals surface area contributed by atoms with Crippen molar-refractivity contribution in [2.24, 2.45) is 11.8 Å². The van der Waals surface area contributed by atoms with Crippen molar-refractivity contribution in [3.8, 4) is 0 Å². The van der Waals surface area contributed by atoms with Gasteiger partial charge in [-0.25, -0.2) is 0 Å². The van der Waals surface area contributed by atoms with Crippen LogP contribution in [-0.2, 0) is 4.74 Å². The maximum absolute atomic E-state index is 5.58. The minimum Gasteiger partial charge on any atom is -0.378 e. The number of nitrogens with one attached hydrogen (secondary N) is 1. The zero-order valence-electron chi connectivity index (χ0n) is 11.5. The summed E-state index contributed by atoms with van der Waals surface area (Å²) >= 11 is 0. The zero-order chi connectivity index (χ0) is 12.3. The van der Waals surface area contributed by atoms with Crippen LogP contribution in [0.2, 0.25) is 0 Å². The lowest BCUT2D eigenvalue weighted by Crippen LogP contribution is -2.47. The number of hydrogen-bond donors (Lipinski definition) is 1. The van der Waals surface area contributed by atoms with Gasteiger partial charge in [0.2, 0.25) is 0 Å². The van der Waals surface area contributed by atoms with Gasteiger partial charge in [-0.05, 0) is 57.9 Å². The van der Waals surface area contributed by atoms with Crippen LogP contribution in [0.5, 0.6) is 0 Å². The molecule has 2 aliphatic rings. The molecule has 2 atom stereocenters. The van der Waals surface area contributed by atoms with Crippen LogP contribution in [0.4, 0.5) is 0 Å². The van der Waals surface area contributed by atoms with Crippen molar-refractivity contribution in [1.29, 1.82) is 0 Å². The first-order chi connectivity index (χ1) is 8.17. The van der Waals surface area contributed by atoms with E-state index in [1.807, 2.05) is 0 Å². The van der Waals surface area contributed by atoms with Crippen LogP contribution in [0, 0.1) is 11.8 Å². The third-order valence-corrected chi connectivity index (χ3v) is 4.08. The Labute approximate surface area is 106 Å². The van der Waals surface area contributed by atoms with E-state index in [2.05, 4.69) is 32.2 Å². The molecule has 0 aromatic rings. The molecule has 0 aromatic carbocycles. The highest BCUT2D eigenvalue weighted by molar-refractivity contribution is 5.06. The first-order valence-corrected chi connectivity index (χ1v) is 7.19. The average Bonchev–Trinajstić information content (AvgIpc) is 2.19. The van der Waals surface area contributed by atoms with Gasteiger partial charge in [0.1, 0.15) is 0 Å². The van der Waals surface area contributed by atoms with E-state index in [1.54, 1.807) is 5.57 Å². The van der Waals surface area contributed by atoms with Crippen LogP contribution in [0.3, 0.4) is 0 Å². The Morgan fingerprint density at radius 1 is 1.35 bits per heavy atom. The fraction of sp³-hybridized carbons (Fsp3) is 0.867. The summed E-state index contributed by atoms with van der Waals surface area (Å²) in [5.41, 5.74) is 1.58. The molecule has 0 radical (unpaired) electrons. The standard InChI is InChI=1S/C15H27NO/c1-4-17-15-8-14(9-15)16-10-13-6-11(2)5-12(3)7-13/h5,11,13-16H,4,6-10H2,1-3H3. The maximum atomic E-state index is 5.58. The SMILES string of the molecule is CCOC1CC(NCC2CC(C)=CC(C)C2)C1. The van der Waals surface area contributed by atoms with E-state index in [4.69, 9.17) is 4.74 Å². The van der Waals surface area contributed by atoms with E-state index in [1.165, 1.54) is 32.2 Å². The normalized spacial score (nSPS) is 37.5. The van der Waals surface area contributed by atoms with Crippen molar-refractivity contribution in [2.45, 2.75) is 58.6 Å². The largest absolute Gasteiger partial charge is 0.378 e. The molecule has 2 unspecified atom stereocenters. The number of allylic oxidation sites excluding steroid dienone is 2. The van der Waals surface area contributed by atoms with Crippen LogP contribution in [0.1, 0.15) is 46.5 Å². The minimum atomic E-state index is 0.532. The van der Waals surface area contributed by atoms with Crippen LogP contribution in [-0.4, -0.2) is 25.3 Å². The monoisotopic (exact) mass is 237 g/mol. The van der Waals surface area contributed by atoms with Gasteiger partial charge in [0.15, 0.2) is 0 Å². The molecule has 0 amide bonds. The second-order valence-corrected chi connectivity index (χ2v) is 5.95. The van der Waals surface area contributed by atoms with E-state index < -0.39 is 0 Å². The predicted molar refractivity (Wildman–Crippen MR) is 72.1 cm³/mol. The smallest absolute Gasteiger partial charge is 0.0604 e.